The van der Waals surface area contributed by atoms with Gasteiger partial charge in [0.05, 0.1) is 17.5 Å². The number of benzene rings is 2. The van der Waals surface area contributed by atoms with Gasteiger partial charge in [0.1, 0.15) is 33.6 Å². The van der Waals surface area contributed by atoms with Crippen LogP contribution in [0.15, 0.2) is 36.4 Å². The van der Waals surface area contributed by atoms with Crippen LogP contribution in [0.3, 0.4) is 0 Å². The van der Waals surface area contributed by atoms with E-state index in [0.29, 0.717) is 95.6 Å². The van der Waals surface area contributed by atoms with Crippen LogP contribution in [0.2, 0.25) is 0 Å². The fourth-order valence-electron chi connectivity index (χ4n) is 7.36. The summed E-state index contributed by atoms with van der Waals surface area (Å²) in [5, 5.41) is 32.2. The average Bonchev–Trinajstić information content (AvgIpc) is 3.57. The van der Waals surface area contributed by atoms with Crippen molar-refractivity contribution in [2.75, 3.05) is 43.0 Å². The third-order valence-corrected chi connectivity index (χ3v) is 10.9. The molecule has 0 radical (unpaired) electrons. The normalized spacial score (nSPS) is 20.8. The molecule has 4 heterocycles. The van der Waals surface area contributed by atoms with E-state index in [4.69, 9.17) is 4.98 Å². The number of likely N-dealkylation sites (tertiary alicyclic amines) is 1. The molecule has 230 valence electrons. The van der Waals surface area contributed by atoms with Crippen molar-refractivity contribution >= 4 is 44.7 Å². The molecule has 4 aromatic rings. The highest BCUT2D eigenvalue weighted by Crippen LogP contribution is 2.48. The number of amides is 1. The average molecular weight is 629 g/mol. The van der Waals surface area contributed by atoms with E-state index in [1.807, 2.05) is 18.0 Å². The second-order valence-electron chi connectivity index (χ2n) is 13.0. The van der Waals surface area contributed by atoms with E-state index in [9.17, 15) is 24.7 Å². The highest BCUT2D eigenvalue weighted by molar-refractivity contribution is 7.16. The van der Waals surface area contributed by atoms with Gasteiger partial charge >= 0.3 is 0 Å². The molecular formula is C33H30F2N6O3S. The maximum absolute atomic E-state index is 15.9. The maximum atomic E-state index is 15.9. The largest absolute Gasteiger partial charge is 0.387 e. The van der Waals surface area contributed by atoms with Crippen LogP contribution in [0, 0.1) is 28.4 Å². The van der Waals surface area contributed by atoms with Gasteiger partial charge < -0.3 is 24.9 Å². The Morgan fingerprint density at radius 2 is 1.87 bits per heavy atom. The summed E-state index contributed by atoms with van der Waals surface area (Å²) < 4.78 is 29.5. The van der Waals surface area contributed by atoms with Crippen molar-refractivity contribution < 1.29 is 23.8 Å². The third kappa shape index (κ3) is 4.32. The van der Waals surface area contributed by atoms with Gasteiger partial charge in [-0.25, -0.2) is 18.7 Å². The number of fused-ring (bicyclic) bond motifs is 2. The van der Waals surface area contributed by atoms with Gasteiger partial charge in [-0.3, -0.25) is 4.79 Å². The Bertz CT molecular complexity index is 1920. The van der Waals surface area contributed by atoms with Gasteiger partial charge in [-0.15, -0.1) is 0 Å². The van der Waals surface area contributed by atoms with Gasteiger partial charge in [0.2, 0.25) is 0 Å². The molecule has 2 aliphatic carbocycles. The number of carbonyl (C=O) groups is 1. The summed E-state index contributed by atoms with van der Waals surface area (Å²) in [5.41, 5.74) is 2.59. The Labute approximate surface area is 262 Å². The first-order valence-electron chi connectivity index (χ1n) is 15.1. The summed E-state index contributed by atoms with van der Waals surface area (Å²) >= 11 is 1.19. The van der Waals surface area contributed by atoms with Crippen LogP contribution in [-0.2, 0) is 11.2 Å². The van der Waals surface area contributed by atoms with Crippen LogP contribution < -0.4 is 9.80 Å². The number of anilines is 3. The number of thiazole rings is 1. The summed E-state index contributed by atoms with van der Waals surface area (Å²) in [6.45, 7) is 2.51. The van der Waals surface area contributed by atoms with Gasteiger partial charge in [0, 0.05) is 60.8 Å². The molecule has 2 aromatic heterocycles. The van der Waals surface area contributed by atoms with Gasteiger partial charge in [-0.2, -0.15) is 5.26 Å². The molecule has 45 heavy (non-hydrogen) atoms. The van der Waals surface area contributed by atoms with Crippen molar-refractivity contribution in [2.45, 2.75) is 43.8 Å². The lowest BCUT2D eigenvalue weighted by Crippen LogP contribution is -2.75. The minimum atomic E-state index is -1.19. The van der Waals surface area contributed by atoms with Crippen LogP contribution in [0.25, 0.3) is 22.2 Å². The monoisotopic (exact) mass is 628 g/mol. The van der Waals surface area contributed by atoms with Crippen molar-refractivity contribution in [1.82, 2.24) is 14.9 Å². The molecule has 1 unspecified atom stereocenters. The van der Waals surface area contributed by atoms with E-state index in [1.165, 1.54) is 29.5 Å². The Balaban J connectivity index is 1.13. The number of hydrogen-bond donors (Lipinski definition) is 2. The molecule has 1 atom stereocenters. The number of rotatable bonds is 5. The van der Waals surface area contributed by atoms with Gasteiger partial charge in [0.25, 0.3) is 5.91 Å². The molecule has 12 heteroatoms. The first-order chi connectivity index (χ1) is 21.6. The number of nitrogens with zero attached hydrogens (tertiary/aromatic N) is 6. The SMILES string of the molecule is CN(c1nc(-c2ccc(F)cc2)c(C#N)s1)c1c2c(nc3c(F)cc(N4CC5(CN(C(=O)C6(O)CCC6)C5)C4)cc13)C(O)CC2. The molecule has 0 bridgehead atoms. The molecule has 2 saturated heterocycles. The standard InChI is InChI=1S/C33H30F2N6O3S/c1-39(31-38-26(25(13-36)45-31)18-3-5-19(34)6-4-18)29-21-7-8-24(42)28(21)37-27-22(29)11-20(12-23(27)35)40-14-32(15-40)16-41(17-32)30(43)33(44)9-2-10-33/h3-6,11-12,24,42,44H,2,7-10,14-17H2,1H3. The fraction of sp³-hybridized carbons (Fsp3) is 0.394. The van der Waals surface area contributed by atoms with Crippen LogP contribution in [0.4, 0.5) is 25.3 Å². The van der Waals surface area contributed by atoms with E-state index >= 15 is 4.39 Å². The van der Waals surface area contributed by atoms with E-state index in [2.05, 4.69) is 16.0 Å². The number of nitriles is 1. The summed E-state index contributed by atoms with van der Waals surface area (Å²) in [6.07, 6.45) is 2.12. The summed E-state index contributed by atoms with van der Waals surface area (Å²) in [6, 6.07) is 11.4. The zero-order chi connectivity index (χ0) is 31.2. The zero-order valence-electron chi connectivity index (χ0n) is 24.6. The molecule has 3 fully saturated rings. The number of halogens is 2. The van der Waals surface area contributed by atoms with Crippen LogP contribution in [0.1, 0.15) is 47.9 Å². The zero-order valence-corrected chi connectivity index (χ0v) is 25.4. The third-order valence-electron chi connectivity index (χ3n) is 9.91. The maximum Gasteiger partial charge on any atom is 0.254 e. The summed E-state index contributed by atoms with van der Waals surface area (Å²) in [7, 11) is 1.81. The molecule has 2 aromatic carbocycles. The minimum absolute atomic E-state index is 0.0630. The second kappa shape index (κ2) is 9.91. The molecule has 8 rings (SSSR count). The predicted octanol–water partition coefficient (Wildman–Crippen LogP) is 4.82. The van der Waals surface area contributed by atoms with E-state index in [1.54, 1.807) is 17.0 Å². The molecular weight excluding hydrogens is 598 g/mol. The number of hydrogen-bond acceptors (Lipinski definition) is 9. The van der Waals surface area contributed by atoms with Gasteiger partial charge in [-0.05, 0) is 68.5 Å². The predicted molar refractivity (Wildman–Crippen MR) is 165 cm³/mol. The lowest BCUT2D eigenvalue weighted by molar-refractivity contribution is -0.174. The fourth-order valence-corrected chi connectivity index (χ4v) is 8.21. The number of aliphatic hydroxyl groups excluding tert-OH is 1. The van der Waals surface area contributed by atoms with E-state index < -0.39 is 17.5 Å². The minimum Gasteiger partial charge on any atom is -0.387 e. The first-order valence-corrected chi connectivity index (χ1v) is 15.9. The smallest absolute Gasteiger partial charge is 0.254 e. The van der Waals surface area contributed by atoms with E-state index in [0.717, 1.165) is 12.0 Å². The van der Waals surface area contributed by atoms with E-state index in [-0.39, 0.29) is 22.7 Å². The molecule has 1 spiro atoms. The topological polar surface area (TPSA) is 117 Å². The van der Waals surface area contributed by atoms with Crippen molar-refractivity contribution in [3.63, 3.8) is 0 Å². The van der Waals surface area contributed by atoms with Crippen LogP contribution in [-0.4, -0.2) is 69.8 Å². The molecule has 9 nitrogen and oxygen atoms in total. The quantitative estimate of drug-likeness (QED) is 0.323. The highest BCUT2D eigenvalue weighted by Gasteiger charge is 2.57. The van der Waals surface area contributed by atoms with Crippen LogP contribution in [0.5, 0.6) is 0 Å². The van der Waals surface area contributed by atoms with Crippen molar-refractivity contribution in [2.24, 2.45) is 5.41 Å². The second-order valence-corrected chi connectivity index (χ2v) is 13.9. The lowest BCUT2D eigenvalue weighted by Gasteiger charge is -2.62. The van der Waals surface area contributed by atoms with Gasteiger partial charge in [-0.1, -0.05) is 11.3 Å². The number of aliphatic hydroxyl groups is 2. The summed E-state index contributed by atoms with van der Waals surface area (Å²) in [4.78, 5) is 28.1. The van der Waals surface area contributed by atoms with Crippen molar-refractivity contribution in [1.29, 1.82) is 5.26 Å². The molecule has 1 amide bonds. The lowest BCUT2D eigenvalue weighted by atomic mass is 9.70. The number of aromatic nitrogens is 2. The van der Waals surface area contributed by atoms with Gasteiger partial charge in [0.15, 0.2) is 10.9 Å². The summed E-state index contributed by atoms with van der Waals surface area (Å²) in [5.74, 6) is -1.06. The van der Waals surface area contributed by atoms with Crippen molar-refractivity contribution in [3.8, 4) is 17.3 Å². The Kier molecular flexibility index (Phi) is 6.23. The number of pyridine rings is 1. The Morgan fingerprint density at radius 3 is 2.53 bits per heavy atom. The highest BCUT2D eigenvalue weighted by atomic mass is 32.1. The molecule has 4 aliphatic rings. The van der Waals surface area contributed by atoms with Crippen molar-refractivity contribution in [3.05, 3.63) is 64.2 Å². The molecule has 2 N–H and O–H groups in total. The molecule has 1 saturated carbocycles. The molecule has 2 aliphatic heterocycles. The first kappa shape index (κ1) is 28.3. The Morgan fingerprint density at radius 1 is 1.13 bits per heavy atom. The van der Waals surface area contributed by atoms with Crippen LogP contribution >= 0.6 is 11.3 Å². The number of carbonyl (C=O) groups excluding carboxylic acids is 1. The Hall–Kier alpha value is -4.18.